The number of fused-ring (bicyclic) bond motifs is 1. The molecule has 0 saturated heterocycles. The Hall–Kier alpha value is -1.49. The molecule has 0 unspecified atom stereocenters. The Balaban J connectivity index is 2.04. The highest BCUT2D eigenvalue weighted by atomic mass is 79.9. The lowest BCUT2D eigenvalue weighted by molar-refractivity contribution is 0.0948. The highest BCUT2D eigenvalue weighted by Crippen LogP contribution is 2.08. The predicted octanol–water partition coefficient (Wildman–Crippen LogP) is 2.53. The molecule has 0 fully saturated rings. The molecule has 0 aliphatic carbocycles. The molecule has 1 aromatic heterocycles. The van der Waals surface area contributed by atoms with Crippen LogP contribution in [0.1, 0.15) is 23.3 Å². The Morgan fingerprint density at radius 1 is 1.22 bits per heavy atom. The van der Waals surface area contributed by atoms with Crippen molar-refractivity contribution >= 4 is 32.9 Å². The van der Waals surface area contributed by atoms with Crippen LogP contribution in [-0.4, -0.2) is 27.7 Å². The standard InChI is InChI=1S/C13H14BrN3O/c14-7-3-4-8-15-13(18)12-9-16-10-5-1-2-6-11(10)17-12/h1-2,5-6,9H,3-4,7-8H2,(H,15,18). The van der Waals surface area contributed by atoms with Gasteiger partial charge in [-0.25, -0.2) is 4.98 Å². The number of unbranched alkanes of at least 4 members (excludes halogenated alkanes) is 1. The van der Waals surface area contributed by atoms with Crippen LogP contribution in [0.2, 0.25) is 0 Å². The monoisotopic (exact) mass is 307 g/mol. The Morgan fingerprint density at radius 2 is 2.00 bits per heavy atom. The van der Waals surface area contributed by atoms with Crippen LogP contribution >= 0.6 is 15.9 Å². The number of hydrogen-bond donors (Lipinski definition) is 1. The minimum Gasteiger partial charge on any atom is -0.351 e. The third-order valence-electron chi connectivity index (χ3n) is 2.53. The lowest BCUT2D eigenvalue weighted by atomic mass is 10.3. The molecule has 18 heavy (non-hydrogen) atoms. The maximum Gasteiger partial charge on any atom is 0.271 e. The van der Waals surface area contributed by atoms with E-state index < -0.39 is 0 Å². The fourth-order valence-electron chi connectivity index (χ4n) is 1.58. The second-order valence-electron chi connectivity index (χ2n) is 3.90. The predicted molar refractivity (Wildman–Crippen MR) is 74.9 cm³/mol. The first-order chi connectivity index (χ1) is 8.81. The van der Waals surface area contributed by atoms with Crippen LogP contribution < -0.4 is 5.32 Å². The van der Waals surface area contributed by atoms with Gasteiger partial charge in [0.2, 0.25) is 0 Å². The third kappa shape index (κ3) is 3.26. The number of halogens is 1. The molecule has 94 valence electrons. The van der Waals surface area contributed by atoms with Crippen molar-refractivity contribution in [1.82, 2.24) is 15.3 Å². The molecule has 0 aliphatic rings. The maximum atomic E-state index is 11.8. The van der Waals surface area contributed by atoms with E-state index >= 15 is 0 Å². The van der Waals surface area contributed by atoms with E-state index in [-0.39, 0.29) is 5.91 Å². The summed E-state index contributed by atoms with van der Waals surface area (Å²) in [5, 5.41) is 3.79. The average Bonchev–Trinajstić information content (AvgIpc) is 2.43. The molecule has 5 heteroatoms. The smallest absolute Gasteiger partial charge is 0.271 e. The van der Waals surface area contributed by atoms with Gasteiger partial charge in [-0.3, -0.25) is 9.78 Å². The van der Waals surface area contributed by atoms with Gasteiger partial charge >= 0.3 is 0 Å². The van der Waals surface area contributed by atoms with Gasteiger partial charge in [-0.05, 0) is 25.0 Å². The van der Waals surface area contributed by atoms with Crippen molar-refractivity contribution in [3.63, 3.8) is 0 Å². The number of carbonyl (C=O) groups is 1. The summed E-state index contributed by atoms with van der Waals surface area (Å²) in [5.74, 6) is -0.164. The van der Waals surface area contributed by atoms with Gasteiger partial charge in [-0.1, -0.05) is 28.1 Å². The van der Waals surface area contributed by atoms with Crippen molar-refractivity contribution in [3.8, 4) is 0 Å². The first-order valence-electron chi connectivity index (χ1n) is 5.87. The quantitative estimate of drug-likeness (QED) is 0.682. The Labute approximate surface area is 114 Å². The number of para-hydroxylation sites is 2. The molecule has 4 nitrogen and oxygen atoms in total. The summed E-state index contributed by atoms with van der Waals surface area (Å²) in [4.78, 5) is 20.3. The number of rotatable bonds is 5. The van der Waals surface area contributed by atoms with Crippen LogP contribution in [0.4, 0.5) is 0 Å². The highest BCUT2D eigenvalue weighted by molar-refractivity contribution is 9.09. The Morgan fingerprint density at radius 3 is 2.78 bits per heavy atom. The molecular formula is C13H14BrN3O. The minimum absolute atomic E-state index is 0.164. The van der Waals surface area contributed by atoms with Crippen LogP contribution in [0.3, 0.4) is 0 Å². The van der Waals surface area contributed by atoms with Gasteiger partial charge in [-0.2, -0.15) is 0 Å². The number of amides is 1. The number of nitrogens with one attached hydrogen (secondary N) is 1. The van der Waals surface area contributed by atoms with Gasteiger partial charge in [0, 0.05) is 11.9 Å². The van der Waals surface area contributed by atoms with Gasteiger partial charge in [-0.15, -0.1) is 0 Å². The van der Waals surface area contributed by atoms with Crippen molar-refractivity contribution in [3.05, 3.63) is 36.2 Å². The second kappa shape index (κ2) is 6.44. The fourth-order valence-corrected chi connectivity index (χ4v) is 1.98. The summed E-state index contributed by atoms with van der Waals surface area (Å²) in [5.41, 5.74) is 1.91. The second-order valence-corrected chi connectivity index (χ2v) is 4.69. The number of carbonyl (C=O) groups excluding carboxylic acids is 1. The van der Waals surface area contributed by atoms with Crippen molar-refractivity contribution in [1.29, 1.82) is 0 Å². The van der Waals surface area contributed by atoms with E-state index in [1.807, 2.05) is 24.3 Å². The lowest BCUT2D eigenvalue weighted by Gasteiger charge is -2.04. The fraction of sp³-hybridized carbons (Fsp3) is 0.308. The summed E-state index contributed by atoms with van der Waals surface area (Å²) in [6.45, 7) is 0.666. The van der Waals surface area contributed by atoms with E-state index in [9.17, 15) is 4.79 Å². The van der Waals surface area contributed by atoms with Crippen LogP contribution in [-0.2, 0) is 0 Å². The minimum atomic E-state index is -0.164. The number of hydrogen-bond acceptors (Lipinski definition) is 3. The van der Waals surface area contributed by atoms with E-state index in [2.05, 4.69) is 31.2 Å². The summed E-state index contributed by atoms with van der Waals surface area (Å²) in [6.07, 6.45) is 3.52. The molecule has 1 amide bonds. The molecule has 0 radical (unpaired) electrons. The van der Waals surface area contributed by atoms with Gasteiger partial charge in [0.05, 0.1) is 17.2 Å². The van der Waals surface area contributed by atoms with E-state index in [1.165, 1.54) is 6.20 Å². The largest absolute Gasteiger partial charge is 0.351 e. The number of nitrogens with zero attached hydrogens (tertiary/aromatic N) is 2. The van der Waals surface area contributed by atoms with Crippen LogP contribution in [0.25, 0.3) is 11.0 Å². The number of alkyl halides is 1. The molecule has 0 bridgehead atoms. The third-order valence-corrected chi connectivity index (χ3v) is 3.09. The first kappa shape index (κ1) is 13.0. The van der Waals surface area contributed by atoms with Crippen molar-refractivity contribution in [2.45, 2.75) is 12.8 Å². The summed E-state index contributed by atoms with van der Waals surface area (Å²) in [6, 6.07) is 7.51. The lowest BCUT2D eigenvalue weighted by Crippen LogP contribution is -2.25. The molecule has 0 atom stereocenters. The SMILES string of the molecule is O=C(NCCCCBr)c1cnc2ccccc2n1. The summed E-state index contributed by atoms with van der Waals surface area (Å²) in [7, 11) is 0. The van der Waals surface area contributed by atoms with Gasteiger partial charge < -0.3 is 5.32 Å². The zero-order valence-electron chi connectivity index (χ0n) is 9.90. The number of benzene rings is 1. The van der Waals surface area contributed by atoms with E-state index in [1.54, 1.807) is 0 Å². The normalized spacial score (nSPS) is 10.5. The van der Waals surface area contributed by atoms with Gasteiger partial charge in [0.1, 0.15) is 5.69 Å². The van der Waals surface area contributed by atoms with Crippen molar-refractivity contribution < 1.29 is 4.79 Å². The van der Waals surface area contributed by atoms with Crippen LogP contribution in [0, 0.1) is 0 Å². The molecule has 2 aromatic rings. The molecular weight excluding hydrogens is 294 g/mol. The number of aromatic nitrogens is 2. The zero-order chi connectivity index (χ0) is 12.8. The van der Waals surface area contributed by atoms with Gasteiger partial charge in [0.25, 0.3) is 5.91 Å². The molecule has 0 spiro atoms. The molecule has 1 aromatic carbocycles. The molecule has 2 rings (SSSR count). The van der Waals surface area contributed by atoms with E-state index in [4.69, 9.17) is 0 Å². The zero-order valence-corrected chi connectivity index (χ0v) is 11.5. The maximum absolute atomic E-state index is 11.8. The van der Waals surface area contributed by atoms with Gasteiger partial charge in [0.15, 0.2) is 0 Å². The average molecular weight is 308 g/mol. The van der Waals surface area contributed by atoms with Crippen LogP contribution in [0.15, 0.2) is 30.5 Å². The van der Waals surface area contributed by atoms with Crippen molar-refractivity contribution in [2.75, 3.05) is 11.9 Å². The molecule has 1 heterocycles. The summed E-state index contributed by atoms with van der Waals surface area (Å²) < 4.78 is 0. The Bertz CT molecular complexity index is 545. The van der Waals surface area contributed by atoms with E-state index in [0.29, 0.717) is 12.2 Å². The van der Waals surface area contributed by atoms with Crippen molar-refractivity contribution in [2.24, 2.45) is 0 Å². The first-order valence-corrected chi connectivity index (χ1v) is 6.99. The highest BCUT2D eigenvalue weighted by Gasteiger charge is 2.07. The Kier molecular flexibility index (Phi) is 4.64. The summed E-state index contributed by atoms with van der Waals surface area (Å²) >= 11 is 3.35. The molecule has 0 saturated carbocycles. The van der Waals surface area contributed by atoms with E-state index in [0.717, 1.165) is 29.2 Å². The van der Waals surface area contributed by atoms with Crippen LogP contribution in [0.5, 0.6) is 0 Å². The molecule has 0 aliphatic heterocycles. The topological polar surface area (TPSA) is 54.9 Å². The molecule has 1 N–H and O–H groups in total.